The van der Waals surface area contributed by atoms with E-state index in [4.69, 9.17) is 16.3 Å². The predicted molar refractivity (Wildman–Crippen MR) is 91.3 cm³/mol. The molecule has 0 spiro atoms. The first-order chi connectivity index (χ1) is 10.7. The Hall–Kier alpha value is -0.610. The molecule has 0 radical (unpaired) electrons. The van der Waals surface area contributed by atoms with E-state index in [9.17, 15) is 5.11 Å². The van der Waals surface area contributed by atoms with Gasteiger partial charge >= 0.3 is 0 Å². The van der Waals surface area contributed by atoms with Crippen LogP contribution >= 0.6 is 11.6 Å². The third-order valence-electron chi connectivity index (χ3n) is 4.61. The highest BCUT2D eigenvalue weighted by atomic mass is 35.5. The molecule has 0 amide bonds. The lowest BCUT2D eigenvalue weighted by atomic mass is 9.87. The van der Waals surface area contributed by atoms with E-state index in [-0.39, 0.29) is 6.10 Å². The summed E-state index contributed by atoms with van der Waals surface area (Å²) in [4.78, 5) is 2.53. The van der Waals surface area contributed by atoms with E-state index in [0.29, 0.717) is 5.92 Å². The maximum Gasteiger partial charge on any atom is 0.0819 e. The van der Waals surface area contributed by atoms with Crippen molar-refractivity contribution < 1.29 is 9.84 Å². The molecule has 1 atom stereocenters. The topological polar surface area (TPSA) is 32.7 Å². The first-order valence-electron chi connectivity index (χ1n) is 8.35. The zero-order chi connectivity index (χ0) is 15.8. The summed E-state index contributed by atoms with van der Waals surface area (Å²) in [5.41, 5.74) is 0.988. The number of unbranched alkanes of at least 4 members (excludes halogenated alkanes) is 2. The molecule has 124 valence electrons. The van der Waals surface area contributed by atoms with Crippen molar-refractivity contribution in [2.75, 3.05) is 33.4 Å². The standard InChI is InChI=1S/C18H28ClNO2/c1-22-14-4-2-3-11-20-12-9-16(10-13-20)18(21)15-5-7-17(19)8-6-15/h5-8,16,18,21H,2-4,9-14H2,1H3. The molecule has 22 heavy (non-hydrogen) atoms. The van der Waals surface area contributed by atoms with Crippen LogP contribution in [0.25, 0.3) is 0 Å². The zero-order valence-electron chi connectivity index (χ0n) is 13.5. The van der Waals surface area contributed by atoms with E-state index in [1.54, 1.807) is 7.11 Å². The van der Waals surface area contributed by atoms with E-state index in [2.05, 4.69) is 4.90 Å². The summed E-state index contributed by atoms with van der Waals surface area (Å²) in [6.45, 7) is 4.24. The Morgan fingerprint density at radius 3 is 2.50 bits per heavy atom. The van der Waals surface area contributed by atoms with Gasteiger partial charge in [-0.25, -0.2) is 0 Å². The van der Waals surface area contributed by atoms with Gasteiger partial charge in [-0.15, -0.1) is 0 Å². The second kappa shape index (κ2) is 9.51. The average Bonchev–Trinajstić information content (AvgIpc) is 2.55. The normalized spacial score (nSPS) is 18.5. The van der Waals surface area contributed by atoms with E-state index in [0.717, 1.165) is 49.5 Å². The SMILES string of the molecule is COCCCCCN1CCC(C(O)c2ccc(Cl)cc2)CC1. The van der Waals surface area contributed by atoms with Crippen LogP contribution in [0.15, 0.2) is 24.3 Å². The largest absolute Gasteiger partial charge is 0.388 e. The maximum atomic E-state index is 10.5. The molecule has 1 fully saturated rings. The molecule has 1 saturated heterocycles. The molecule has 0 saturated carbocycles. The van der Waals surface area contributed by atoms with Crippen molar-refractivity contribution in [1.29, 1.82) is 0 Å². The highest BCUT2D eigenvalue weighted by Gasteiger charge is 2.25. The van der Waals surface area contributed by atoms with Gasteiger partial charge in [0.25, 0.3) is 0 Å². The van der Waals surface area contributed by atoms with Crippen molar-refractivity contribution in [2.24, 2.45) is 5.92 Å². The highest BCUT2D eigenvalue weighted by molar-refractivity contribution is 6.30. The van der Waals surface area contributed by atoms with Gasteiger partial charge in [-0.3, -0.25) is 0 Å². The minimum Gasteiger partial charge on any atom is -0.388 e. The number of halogens is 1. The van der Waals surface area contributed by atoms with Crippen LogP contribution < -0.4 is 0 Å². The molecule has 1 aromatic carbocycles. The lowest BCUT2D eigenvalue weighted by molar-refractivity contribution is 0.0582. The number of aliphatic hydroxyl groups is 1. The molecule has 1 aromatic rings. The minimum atomic E-state index is -0.360. The molecule has 3 nitrogen and oxygen atoms in total. The summed E-state index contributed by atoms with van der Waals surface area (Å²) in [5, 5.41) is 11.2. The summed E-state index contributed by atoms with van der Waals surface area (Å²) in [6, 6.07) is 7.59. The van der Waals surface area contributed by atoms with Crippen LogP contribution in [0.3, 0.4) is 0 Å². The van der Waals surface area contributed by atoms with Crippen LogP contribution in [0.5, 0.6) is 0 Å². The molecule has 0 aliphatic carbocycles. The summed E-state index contributed by atoms with van der Waals surface area (Å²) >= 11 is 5.91. The zero-order valence-corrected chi connectivity index (χ0v) is 14.3. The molecule has 1 N–H and O–H groups in total. The lowest BCUT2D eigenvalue weighted by Crippen LogP contribution is -2.36. The number of hydrogen-bond donors (Lipinski definition) is 1. The van der Waals surface area contributed by atoms with Gasteiger partial charge in [0.05, 0.1) is 6.10 Å². The predicted octanol–water partition coefficient (Wildman–Crippen LogP) is 3.90. The Morgan fingerprint density at radius 2 is 1.86 bits per heavy atom. The van der Waals surface area contributed by atoms with Gasteiger partial charge in [-0.1, -0.05) is 23.7 Å². The number of methoxy groups -OCH3 is 1. The van der Waals surface area contributed by atoms with Gasteiger partial charge in [0.2, 0.25) is 0 Å². The van der Waals surface area contributed by atoms with Crippen LogP contribution in [-0.2, 0) is 4.74 Å². The summed E-state index contributed by atoms with van der Waals surface area (Å²) in [7, 11) is 1.76. The molecular formula is C18H28ClNO2. The Morgan fingerprint density at radius 1 is 1.18 bits per heavy atom. The Labute approximate surface area is 139 Å². The van der Waals surface area contributed by atoms with Crippen molar-refractivity contribution in [3.63, 3.8) is 0 Å². The van der Waals surface area contributed by atoms with Crippen LogP contribution in [0.4, 0.5) is 0 Å². The molecule has 1 aliphatic rings. The molecule has 2 rings (SSSR count). The van der Waals surface area contributed by atoms with Crippen molar-refractivity contribution in [2.45, 2.75) is 38.2 Å². The number of aliphatic hydroxyl groups excluding tert-OH is 1. The highest BCUT2D eigenvalue weighted by Crippen LogP contribution is 2.31. The third-order valence-corrected chi connectivity index (χ3v) is 4.87. The maximum absolute atomic E-state index is 10.5. The van der Waals surface area contributed by atoms with Crippen LogP contribution in [0, 0.1) is 5.92 Å². The lowest BCUT2D eigenvalue weighted by Gasteiger charge is -2.34. The van der Waals surface area contributed by atoms with Crippen molar-refractivity contribution >= 4 is 11.6 Å². The summed E-state index contributed by atoms with van der Waals surface area (Å²) in [6.07, 6.45) is 5.42. The van der Waals surface area contributed by atoms with Gasteiger partial charge in [0, 0.05) is 18.7 Å². The van der Waals surface area contributed by atoms with E-state index in [1.165, 1.54) is 19.4 Å². The van der Waals surface area contributed by atoms with E-state index < -0.39 is 0 Å². The van der Waals surface area contributed by atoms with E-state index in [1.807, 2.05) is 24.3 Å². The minimum absolute atomic E-state index is 0.360. The number of rotatable bonds is 8. The van der Waals surface area contributed by atoms with Crippen molar-refractivity contribution in [3.8, 4) is 0 Å². The average molecular weight is 326 g/mol. The monoisotopic (exact) mass is 325 g/mol. The smallest absolute Gasteiger partial charge is 0.0819 e. The fourth-order valence-corrected chi connectivity index (χ4v) is 3.31. The number of piperidine rings is 1. The van der Waals surface area contributed by atoms with Gasteiger partial charge < -0.3 is 14.7 Å². The summed E-state index contributed by atoms with van der Waals surface area (Å²) < 4.78 is 5.07. The third kappa shape index (κ3) is 5.54. The molecule has 0 aromatic heterocycles. The van der Waals surface area contributed by atoms with E-state index >= 15 is 0 Å². The molecular weight excluding hydrogens is 298 g/mol. The second-order valence-electron chi connectivity index (χ2n) is 6.23. The first kappa shape index (κ1) is 17.7. The Balaban J connectivity index is 1.69. The number of benzene rings is 1. The van der Waals surface area contributed by atoms with Crippen LogP contribution in [-0.4, -0.2) is 43.4 Å². The van der Waals surface area contributed by atoms with Gasteiger partial charge in [0.15, 0.2) is 0 Å². The molecule has 1 heterocycles. The molecule has 0 bridgehead atoms. The second-order valence-corrected chi connectivity index (χ2v) is 6.67. The number of nitrogens with zero attached hydrogens (tertiary/aromatic N) is 1. The summed E-state index contributed by atoms with van der Waals surface area (Å²) in [5.74, 6) is 0.367. The first-order valence-corrected chi connectivity index (χ1v) is 8.73. The fourth-order valence-electron chi connectivity index (χ4n) is 3.18. The molecule has 1 aliphatic heterocycles. The number of ether oxygens (including phenoxy) is 1. The molecule has 1 unspecified atom stereocenters. The quantitative estimate of drug-likeness (QED) is 0.736. The van der Waals surface area contributed by atoms with Gasteiger partial charge in [0.1, 0.15) is 0 Å². The Kier molecular flexibility index (Phi) is 7.67. The van der Waals surface area contributed by atoms with Gasteiger partial charge in [-0.05, 0) is 75.4 Å². The Bertz CT molecular complexity index is 416. The fraction of sp³-hybridized carbons (Fsp3) is 0.667. The number of hydrogen-bond acceptors (Lipinski definition) is 3. The van der Waals surface area contributed by atoms with Gasteiger partial charge in [-0.2, -0.15) is 0 Å². The van der Waals surface area contributed by atoms with Crippen molar-refractivity contribution in [3.05, 3.63) is 34.9 Å². The number of likely N-dealkylation sites (tertiary alicyclic amines) is 1. The molecule has 4 heteroatoms. The van der Waals surface area contributed by atoms with Crippen LogP contribution in [0.1, 0.15) is 43.8 Å². The van der Waals surface area contributed by atoms with Crippen molar-refractivity contribution in [1.82, 2.24) is 4.90 Å². The van der Waals surface area contributed by atoms with Crippen LogP contribution in [0.2, 0.25) is 5.02 Å².